The van der Waals surface area contributed by atoms with Crippen LogP contribution in [0.4, 0.5) is 0 Å². The Morgan fingerprint density at radius 2 is 0.840 bits per heavy atom. The lowest BCUT2D eigenvalue weighted by Gasteiger charge is -2.20. The van der Waals surface area contributed by atoms with Crippen molar-refractivity contribution < 1.29 is 0 Å². The Morgan fingerprint density at radius 1 is 0.280 bits per heavy atom. The molecule has 6 aromatic carbocycles. The summed E-state index contributed by atoms with van der Waals surface area (Å²) in [7, 11) is 0. The van der Waals surface area contributed by atoms with Gasteiger partial charge in [0.25, 0.3) is 0 Å². The van der Waals surface area contributed by atoms with Gasteiger partial charge in [0.1, 0.15) is 0 Å². The topological polar surface area (TPSA) is 51.6 Å². The first-order valence-corrected chi connectivity index (χ1v) is 16.8. The summed E-state index contributed by atoms with van der Waals surface area (Å²) in [6.45, 7) is 0. The van der Waals surface area contributed by atoms with E-state index in [4.69, 9.17) is 9.97 Å². The highest BCUT2D eigenvalue weighted by Crippen LogP contribution is 2.58. The molecular weight excluding hydrogens is 609 g/mol. The van der Waals surface area contributed by atoms with Crippen molar-refractivity contribution in [3.05, 3.63) is 170 Å². The maximum Gasteiger partial charge on any atom is 0.0901 e. The molecule has 0 atom stereocenters. The van der Waals surface area contributed by atoms with Crippen molar-refractivity contribution in [2.75, 3.05) is 0 Å². The van der Waals surface area contributed by atoms with Gasteiger partial charge in [-0.05, 0) is 90.3 Å². The summed E-state index contributed by atoms with van der Waals surface area (Å²) in [6.07, 6.45) is 7.34. The summed E-state index contributed by atoms with van der Waals surface area (Å²) in [4.78, 5) is 18.9. The summed E-state index contributed by atoms with van der Waals surface area (Å²) in [5.74, 6) is 0. The maximum absolute atomic E-state index is 4.96. The van der Waals surface area contributed by atoms with Gasteiger partial charge < -0.3 is 0 Å². The average Bonchev–Trinajstić information content (AvgIpc) is 3.53. The summed E-state index contributed by atoms with van der Waals surface area (Å²) >= 11 is 0. The molecule has 0 amide bonds. The molecule has 0 radical (unpaired) electrons. The summed E-state index contributed by atoms with van der Waals surface area (Å²) in [5, 5.41) is 4.93. The second-order valence-corrected chi connectivity index (χ2v) is 12.6. The molecule has 0 spiro atoms. The predicted octanol–water partition coefficient (Wildman–Crippen LogP) is 11.6. The van der Waals surface area contributed by atoms with Crippen LogP contribution < -0.4 is 0 Å². The van der Waals surface area contributed by atoms with E-state index in [0.29, 0.717) is 0 Å². The number of pyridine rings is 2. The molecule has 0 saturated carbocycles. The Balaban J connectivity index is 1.15. The molecule has 0 unspecified atom stereocenters. The Kier molecular flexibility index (Phi) is 6.46. The van der Waals surface area contributed by atoms with Crippen LogP contribution in [0.2, 0.25) is 0 Å². The molecule has 3 aromatic heterocycles. The monoisotopic (exact) mass is 636 g/mol. The standard InChI is InChI=1S/C46H28N4/c1-3-12-29(13-4-1)42-34-16-7-8-17-35(34)43(30-14-5-2-6-15-30)46-37-23-22-32(33-18-11-19-36(44(33)37)45(42)46)41-28-49-40(27-50-41)31-21-24-39(48-26-31)38-20-9-10-25-47-38/h1-28H. The summed E-state index contributed by atoms with van der Waals surface area (Å²) < 4.78 is 0. The second kappa shape index (κ2) is 11.4. The zero-order valence-electron chi connectivity index (χ0n) is 27.0. The number of rotatable bonds is 5. The van der Waals surface area contributed by atoms with Crippen LogP contribution >= 0.6 is 0 Å². The van der Waals surface area contributed by atoms with Crippen molar-refractivity contribution in [3.8, 4) is 78.4 Å². The second-order valence-electron chi connectivity index (χ2n) is 12.6. The van der Waals surface area contributed by atoms with Crippen molar-refractivity contribution >= 4 is 21.5 Å². The normalized spacial score (nSPS) is 11.6. The van der Waals surface area contributed by atoms with Crippen molar-refractivity contribution in [2.24, 2.45) is 0 Å². The molecule has 0 bridgehead atoms. The third kappa shape index (κ3) is 4.39. The lowest BCUT2D eigenvalue weighted by molar-refractivity contribution is 1.19. The number of hydrogen-bond acceptors (Lipinski definition) is 4. The maximum atomic E-state index is 4.96. The minimum Gasteiger partial charge on any atom is -0.255 e. The van der Waals surface area contributed by atoms with Crippen LogP contribution in [0.3, 0.4) is 0 Å². The predicted molar refractivity (Wildman–Crippen MR) is 204 cm³/mol. The van der Waals surface area contributed by atoms with Crippen LogP contribution in [0.15, 0.2) is 170 Å². The van der Waals surface area contributed by atoms with E-state index in [2.05, 4.69) is 125 Å². The molecule has 4 heteroatoms. The third-order valence-corrected chi connectivity index (χ3v) is 9.83. The first kappa shape index (κ1) is 28.3. The highest BCUT2D eigenvalue weighted by molar-refractivity contribution is 6.28. The van der Waals surface area contributed by atoms with Gasteiger partial charge in [-0.3, -0.25) is 19.9 Å². The number of benzene rings is 6. The molecule has 0 aliphatic heterocycles. The van der Waals surface area contributed by atoms with E-state index in [-0.39, 0.29) is 0 Å². The fourth-order valence-electron chi connectivity index (χ4n) is 7.66. The van der Waals surface area contributed by atoms with E-state index in [9.17, 15) is 0 Å². The molecular formula is C46H28N4. The number of aromatic nitrogens is 4. The van der Waals surface area contributed by atoms with Crippen LogP contribution in [-0.2, 0) is 0 Å². The van der Waals surface area contributed by atoms with Gasteiger partial charge in [0.15, 0.2) is 0 Å². The molecule has 4 nitrogen and oxygen atoms in total. The molecule has 232 valence electrons. The number of nitrogens with zero attached hydrogens (tertiary/aromatic N) is 4. The molecule has 50 heavy (non-hydrogen) atoms. The van der Waals surface area contributed by atoms with Crippen LogP contribution in [0.1, 0.15) is 0 Å². The van der Waals surface area contributed by atoms with Gasteiger partial charge in [0.05, 0.1) is 35.2 Å². The molecule has 0 fully saturated rings. The van der Waals surface area contributed by atoms with Gasteiger partial charge >= 0.3 is 0 Å². The van der Waals surface area contributed by atoms with Gasteiger partial charge in [0.2, 0.25) is 0 Å². The molecule has 0 saturated heterocycles. The lowest BCUT2D eigenvalue weighted by Crippen LogP contribution is -1.93. The highest BCUT2D eigenvalue weighted by Gasteiger charge is 2.31. The fraction of sp³-hybridized carbons (Fsp3) is 0. The van der Waals surface area contributed by atoms with E-state index in [1.807, 2.05) is 48.9 Å². The Hall–Kier alpha value is -6.78. The van der Waals surface area contributed by atoms with Crippen LogP contribution in [-0.4, -0.2) is 19.9 Å². The lowest BCUT2D eigenvalue weighted by atomic mass is 9.82. The molecule has 10 rings (SSSR count). The minimum absolute atomic E-state index is 0.777. The largest absolute Gasteiger partial charge is 0.255 e. The molecule has 1 aliphatic carbocycles. The van der Waals surface area contributed by atoms with Crippen LogP contribution in [0, 0.1) is 0 Å². The Labute approximate surface area is 289 Å². The van der Waals surface area contributed by atoms with Crippen LogP contribution in [0.25, 0.3) is 100.0 Å². The molecule has 1 aliphatic rings. The first-order chi connectivity index (χ1) is 24.8. The molecule has 3 heterocycles. The average molecular weight is 637 g/mol. The van der Waals surface area contributed by atoms with E-state index in [0.717, 1.165) is 33.9 Å². The SMILES string of the molecule is c1ccc(-c2c3c(c(-c4ccccc4)c4ccccc24)-c2ccc(-c4cnc(-c5ccc(-c6ccccn6)nc5)cn4)c4cccc-3c24)cc1. The molecule has 0 N–H and O–H groups in total. The van der Waals surface area contributed by atoms with E-state index in [1.54, 1.807) is 6.20 Å². The number of hydrogen-bond donors (Lipinski definition) is 0. The fourth-order valence-corrected chi connectivity index (χ4v) is 7.66. The van der Waals surface area contributed by atoms with Gasteiger partial charge in [-0.1, -0.05) is 121 Å². The van der Waals surface area contributed by atoms with Gasteiger partial charge in [-0.15, -0.1) is 0 Å². The minimum atomic E-state index is 0.777. The smallest absolute Gasteiger partial charge is 0.0901 e. The number of fused-ring (bicyclic) bond motifs is 4. The van der Waals surface area contributed by atoms with E-state index < -0.39 is 0 Å². The third-order valence-electron chi connectivity index (χ3n) is 9.83. The van der Waals surface area contributed by atoms with E-state index >= 15 is 0 Å². The quantitative estimate of drug-likeness (QED) is 0.189. The van der Waals surface area contributed by atoms with Gasteiger partial charge in [0, 0.05) is 23.5 Å². The first-order valence-electron chi connectivity index (χ1n) is 16.8. The highest BCUT2D eigenvalue weighted by atomic mass is 14.8. The van der Waals surface area contributed by atoms with Crippen molar-refractivity contribution in [1.82, 2.24) is 19.9 Å². The van der Waals surface area contributed by atoms with Gasteiger partial charge in [-0.2, -0.15) is 0 Å². The van der Waals surface area contributed by atoms with Crippen molar-refractivity contribution in [1.29, 1.82) is 0 Å². The summed E-state index contributed by atoms with van der Waals surface area (Å²) in [5.41, 5.74) is 15.3. The van der Waals surface area contributed by atoms with Gasteiger partial charge in [-0.25, -0.2) is 0 Å². The van der Waals surface area contributed by atoms with Crippen molar-refractivity contribution in [2.45, 2.75) is 0 Å². The Morgan fingerprint density at radius 3 is 1.46 bits per heavy atom. The van der Waals surface area contributed by atoms with E-state index in [1.165, 1.54) is 66.1 Å². The zero-order chi connectivity index (χ0) is 33.0. The zero-order valence-corrected chi connectivity index (χ0v) is 27.0. The van der Waals surface area contributed by atoms with Crippen molar-refractivity contribution in [3.63, 3.8) is 0 Å². The molecule has 9 aromatic rings. The Bertz CT molecular complexity index is 2610. The van der Waals surface area contributed by atoms with Crippen LogP contribution in [0.5, 0.6) is 0 Å². The summed E-state index contributed by atoms with van der Waals surface area (Å²) in [6, 6.07) is 51.5.